The molecule has 0 rings (SSSR count). The molecule has 1 atom stereocenters. The van der Waals surface area contributed by atoms with Gasteiger partial charge < -0.3 is 14.2 Å². The van der Waals surface area contributed by atoms with Gasteiger partial charge in [-0.05, 0) is 44.9 Å². The minimum atomic E-state index is -0.778. The maximum atomic E-state index is 12.9. The standard InChI is InChI=1S/C66H124O6/c1-4-7-10-13-16-19-22-25-28-31-33-35-38-41-44-47-50-53-56-59-65(68)71-62-63(61-70-64(67)58-55-52-49-46-43-40-37-30-27-24-21-18-15-12-9-6-3)72-66(69)60-57-54-51-48-45-42-39-36-34-32-29-26-23-20-17-14-11-8-5-2/h30,37,40,43,63H,4-29,31-36,38-39,41-42,44-62H2,1-3H3/b37-30-,43-40-. The van der Waals surface area contributed by atoms with Gasteiger partial charge in [-0.1, -0.05) is 321 Å². The molecule has 0 saturated carbocycles. The Labute approximate surface area is 449 Å². The third-order valence-electron chi connectivity index (χ3n) is 14.7. The fourth-order valence-electron chi connectivity index (χ4n) is 9.85. The first-order valence-electron chi connectivity index (χ1n) is 32.4. The van der Waals surface area contributed by atoms with Crippen LogP contribution in [0.3, 0.4) is 0 Å². The van der Waals surface area contributed by atoms with Gasteiger partial charge in [0.05, 0.1) is 0 Å². The van der Waals surface area contributed by atoms with Gasteiger partial charge in [-0.25, -0.2) is 0 Å². The Morgan fingerprint density at radius 2 is 0.486 bits per heavy atom. The lowest BCUT2D eigenvalue weighted by atomic mass is 10.0. The van der Waals surface area contributed by atoms with Gasteiger partial charge in [-0.15, -0.1) is 0 Å². The predicted octanol–water partition coefficient (Wildman–Crippen LogP) is 21.8. The van der Waals surface area contributed by atoms with Crippen molar-refractivity contribution in [2.24, 2.45) is 0 Å². The van der Waals surface area contributed by atoms with E-state index in [2.05, 4.69) is 45.1 Å². The molecule has 0 N–H and O–H groups in total. The average Bonchev–Trinajstić information content (AvgIpc) is 3.38. The first kappa shape index (κ1) is 69.9. The van der Waals surface area contributed by atoms with E-state index < -0.39 is 6.10 Å². The van der Waals surface area contributed by atoms with Crippen molar-refractivity contribution >= 4 is 17.9 Å². The van der Waals surface area contributed by atoms with E-state index in [4.69, 9.17) is 14.2 Å². The lowest BCUT2D eigenvalue weighted by molar-refractivity contribution is -0.167. The zero-order chi connectivity index (χ0) is 52.2. The summed E-state index contributed by atoms with van der Waals surface area (Å²) in [5.41, 5.74) is 0. The van der Waals surface area contributed by atoms with Crippen LogP contribution in [0, 0.1) is 0 Å². The second-order valence-electron chi connectivity index (χ2n) is 22.1. The molecule has 0 aromatic heterocycles. The van der Waals surface area contributed by atoms with E-state index in [0.29, 0.717) is 19.3 Å². The SMILES string of the molecule is CCCCCCCCC/C=C\C=C/CCCCCC(=O)OCC(COC(=O)CCCCCCCCCCCCCCCCCCCCC)OC(=O)CCCCCCCCCCCCCCCCCCCCC. The van der Waals surface area contributed by atoms with Gasteiger partial charge in [-0.2, -0.15) is 0 Å². The van der Waals surface area contributed by atoms with Crippen LogP contribution in [0.1, 0.15) is 361 Å². The summed E-state index contributed by atoms with van der Waals surface area (Å²) < 4.78 is 16.9. The molecule has 0 saturated heterocycles. The van der Waals surface area contributed by atoms with Gasteiger partial charge in [0, 0.05) is 19.3 Å². The monoisotopic (exact) mass is 1010 g/mol. The summed E-state index contributed by atoms with van der Waals surface area (Å²) in [6.45, 7) is 6.69. The highest BCUT2D eigenvalue weighted by atomic mass is 16.6. The zero-order valence-corrected chi connectivity index (χ0v) is 48.7. The highest BCUT2D eigenvalue weighted by Crippen LogP contribution is 2.18. The molecule has 0 aromatic rings. The molecule has 0 aromatic carbocycles. The van der Waals surface area contributed by atoms with Crippen LogP contribution in [0.15, 0.2) is 24.3 Å². The first-order chi connectivity index (χ1) is 35.5. The smallest absolute Gasteiger partial charge is 0.306 e. The lowest BCUT2D eigenvalue weighted by Crippen LogP contribution is -2.30. The molecule has 424 valence electrons. The van der Waals surface area contributed by atoms with Crippen molar-refractivity contribution in [2.45, 2.75) is 367 Å². The molecule has 0 aliphatic heterocycles. The molecule has 0 aliphatic carbocycles. The Balaban J connectivity index is 4.33. The molecular formula is C66H124O6. The topological polar surface area (TPSA) is 78.9 Å². The average molecular weight is 1010 g/mol. The molecular weight excluding hydrogens is 889 g/mol. The molecule has 0 aliphatic rings. The summed E-state index contributed by atoms with van der Waals surface area (Å²) in [6, 6.07) is 0. The number of ether oxygens (including phenoxy) is 3. The highest BCUT2D eigenvalue weighted by Gasteiger charge is 2.19. The number of hydrogen-bond donors (Lipinski definition) is 0. The largest absolute Gasteiger partial charge is 0.462 e. The summed E-state index contributed by atoms with van der Waals surface area (Å²) in [5, 5.41) is 0. The van der Waals surface area contributed by atoms with Crippen LogP contribution >= 0.6 is 0 Å². The number of rotatable bonds is 60. The Hall–Kier alpha value is -2.11. The first-order valence-corrected chi connectivity index (χ1v) is 32.4. The minimum absolute atomic E-state index is 0.0734. The van der Waals surface area contributed by atoms with Crippen molar-refractivity contribution in [1.82, 2.24) is 0 Å². The Kier molecular flexibility index (Phi) is 59.6. The normalized spacial score (nSPS) is 12.1. The molecule has 6 nitrogen and oxygen atoms in total. The molecule has 72 heavy (non-hydrogen) atoms. The van der Waals surface area contributed by atoms with Crippen molar-refractivity contribution in [3.63, 3.8) is 0 Å². The number of carbonyl (C=O) groups is 3. The van der Waals surface area contributed by atoms with Gasteiger partial charge in [0.25, 0.3) is 0 Å². The van der Waals surface area contributed by atoms with Crippen molar-refractivity contribution < 1.29 is 28.6 Å². The Morgan fingerprint density at radius 3 is 0.750 bits per heavy atom. The van der Waals surface area contributed by atoms with Crippen LogP contribution in [0.4, 0.5) is 0 Å². The predicted molar refractivity (Wildman–Crippen MR) is 312 cm³/mol. The van der Waals surface area contributed by atoms with Crippen LogP contribution in [0.5, 0.6) is 0 Å². The maximum absolute atomic E-state index is 12.9. The fourth-order valence-corrected chi connectivity index (χ4v) is 9.85. The van der Waals surface area contributed by atoms with E-state index in [-0.39, 0.29) is 31.1 Å². The molecule has 0 radical (unpaired) electrons. The quantitative estimate of drug-likeness (QED) is 0.0261. The number of unbranched alkanes of at least 4 members (excludes halogenated alkanes) is 46. The van der Waals surface area contributed by atoms with E-state index in [1.54, 1.807) is 0 Å². The summed E-state index contributed by atoms with van der Waals surface area (Å²) >= 11 is 0. The second kappa shape index (κ2) is 61.4. The van der Waals surface area contributed by atoms with Crippen LogP contribution in [-0.4, -0.2) is 37.2 Å². The van der Waals surface area contributed by atoms with E-state index >= 15 is 0 Å². The molecule has 0 bridgehead atoms. The maximum Gasteiger partial charge on any atom is 0.306 e. The van der Waals surface area contributed by atoms with Crippen LogP contribution in [0.2, 0.25) is 0 Å². The van der Waals surface area contributed by atoms with Crippen molar-refractivity contribution in [3.8, 4) is 0 Å². The number of esters is 3. The van der Waals surface area contributed by atoms with Gasteiger partial charge >= 0.3 is 17.9 Å². The van der Waals surface area contributed by atoms with Gasteiger partial charge in [0.2, 0.25) is 0 Å². The second-order valence-corrected chi connectivity index (χ2v) is 22.1. The molecule has 0 heterocycles. The van der Waals surface area contributed by atoms with Crippen LogP contribution < -0.4 is 0 Å². The van der Waals surface area contributed by atoms with Crippen LogP contribution in [-0.2, 0) is 28.6 Å². The van der Waals surface area contributed by atoms with Crippen molar-refractivity contribution in [1.29, 1.82) is 0 Å². The number of carbonyl (C=O) groups excluding carboxylic acids is 3. The molecule has 0 amide bonds. The summed E-state index contributed by atoms with van der Waals surface area (Å²) in [4.78, 5) is 38.3. The Morgan fingerprint density at radius 1 is 0.278 bits per heavy atom. The summed E-state index contributed by atoms with van der Waals surface area (Å²) in [7, 11) is 0. The van der Waals surface area contributed by atoms with Crippen LogP contribution in [0.25, 0.3) is 0 Å². The summed E-state index contributed by atoms with van der Waals surface area (Å²) in [5.74, 6) is -0.872. The van der Waals surface area contributed by atoms with Crippen molar-refractivity contribution in [2.75, 3.05) is 13.2 Å². The van der Waals surface area contributed by atoms with Gasteiger partial charge in [0.15, 0.2) is 6.10 Å². The molecule has 1 unspecified atom stereocenters. The summed E-state index contributed by atoms with van der Waals surface area (Å²) in [6.07, 6.45) is 73.3. The lowest BCUT2D eigenvalue weighted by Gasteiger charge is -2.18. The number of allylic oxidation sites excluding steroid dienone is 4. The molecule has 0 fully saturated rings. The minimum Gasteiger partial charge on any atom is -0.462 e. The van der Waals surface area contributed by atoms with Gasteiger partial charge in [0.1, 0.15) is 13.2 Å². The fraction of sp³-hybridized carbons (Fsp3) is 0.894. The van der Waals surface area contributed by atoms with E-state index in [9.17, 15) is 14.4 Å². The number of hydrogen-bond acceptors (Lipinski definition) is 6. The van der Waals surface area contributed by atoms with E-state index in [1.807, 2.05) is 0 Å². The van der Waals surface area contributed by atoms with E-state index in [0.717, 1.165) is 70.6 Å². The Bertz CT molecular complexity index is 1160. The molecule has 6 heteroatoms. The van der Waals surface area contributed by atoms with Gasteiger partial charge in [-0.3, -0.25) is 14.4 Å². The zero-order valence-electron chi connectivity index (χ0n) is 48.7. The third kappa shape index (κ3) is 58.8. The molecule has 0 spiro atoms. The van der Waals surface area contributed by atoms with E-state index in [1.165, 1.54) is 250 Å². The third-order valence-corrected chi connectivity index (χ3v) is 14.7. The van der Waals surface area contributed by atoms with Crippen molar-refractivity contribution in [3.05, 3.63) is 24.3 Å². The highest BCUT2D eigenvalue weighted by molar-refractivity contribution is 5.71.